The Kier molecular flexibility index (Phi) is 5.11. The number of nitrogens with zero attached hydrogens (tertiary/aromatic N) is 4. The molecule has 3 N–H and O–H groups in total. The van der Waals surface area contributed by atoms with Crippen molar-refractivity contribution in [1.29, 1.82) is 0 Å². The number of alkyl halides is 3. The van der Waals surface area contributed by atoms with E-state index in [1.54, 1.807) is 13.0 Å². The molecule has 2 aromatic heterocycles. The minimum atomic E-state index is -4.47. The lowest BCUT2D eigenvalue weighted by Gasteiger charge is -2.32. The Bertz CT molecular complexity index is 1180. The van der Waals surface area contributed by atoms with Gasteiger partial charge < -0.3 is 16.0 Å². The van der Waals surface area contributed by atoms with Crippen LogP contribution in [-0.4, -0.2) is 33.1 Å². The van der Waals surface area contributed by atoms with E-state index in [-0.39, 0.29) is 35.3 Å². The number of rotatable bonds is 3. The quantitative estimate of drug-likeness (QED) is 0.641. The smallest absolute Gasteiger partial charge is 0.383 e. The monoisotopic (exact) mass is 444 g/mol. The highest BCUT2D eigenvalue weighted by Gasteiger charge is 2.35. The summed E-state index contributed by atoms with van der Waals surface area (Å²) in [5, 5.41) is 6.87. The average molecular weight is 444 g/mol. The van der Waals surface area contributed by atoms with E-state index < -0.39 is 23.6 Å². The van der Waals surface area contributed by atoms with Gasteiger partial charge in [0, 0.05) is 18.4 Å². The summed E-state index contributed by atoms with van der Waals surface area (Å²) in [6, 6.07) is 5.71. The fourth-order valence-corrected chi connectivity index (χ4v) is 3.67. The number of hydrogen-bond donors (Lipinski definition) is 2. The SMILES string of the molecule is Cc1ccnc(N)c1C(=O)Nc1cnn2c1C(=O)N(c1ccc(C(F)(F)F)cc1)C[C@@H]2C. The third-order valence-corrected chi connectivity index (χ3v) is 5.28. The normalized spacial score (nSPS) is 16.1. The molecule has 8 nitrogen and oxygen atoms in total. The van der Waals surface area contributed by atoms with E-state index in [1.165, 1.54) is 34.1 Å². The number of aryl methyl sites for hydroxylation is 1. The maximum absolute atomic E-state index is 13.2. The predicted molar refractivity (Wildman–Crippen MR) is 111 cm³/mol. The van der Waals surface area contributed by atoms with Gasteiger partial charge in [-0.1, -0.05) is 0 Å². The summed E-state index contributed by atoms with van der Waals surface area (Å²) in [5.41, 5.74) is 6.43. The van der Waals surface area contributed by atoms with Crippen molar-refractivity contribution < 1.29 is 22.8 Å². The molecule has 11 heteroatoms. The van der Waals surface area contributed by atoms with Crippen molar-refractivity contribution in [3.8, 4) is 0 Å². The maximum atomic E-state index is 13.2. The molecule has 166 valence electrons. The molecule has 0 unspecified atom stereocenters. The number of nitrogens with one attached hydrogen (secondary N) is 1. The van der Waals surface area contributed by atoms with Crippen LogP contribution >= 0.6 is 0 Å². The van der Waals surface area contributed by atoms with Crippen LogP contribution in [0.15, 0.2) is 42.7 Å². The third-order valence-electron chi connectivity index (χ3n) is 5.28. The highest BCUT2D eigenvalue weighted by Crippen LogP contribution is 2.33. The standard InChI is InChI=1S/C21H19F3N6O2/c1-11-7-8-26-18(25)16(11)19(31)28-15-9-27-30-12(2)10-29(20(32)17(15)30)14-5-3-13(4-6-14)21(22,23)24/h3-9,12H,10H2,1-2H3,(H2,25,26)(H,28,31)/t12-/m0/s1. The minimum absolute atomic E-state index is 0.0506. The Labute approximate surface area is 180 Å². The molecular weight excluding hydrogens is 425 g/mol. The molecule has 1 aromatic carbocycles. The highest BCUT2D eigenvalue weighted by atomic mass is 19.4. The summed E-state index contributed by atoms with van der Waals surface area (Å²) in [4.78, 5) is 31.3. The predicted octanol–water partition coefficient (Wildman–Crippen LogP) is 3.66. The Balaban J connectivity index is 1.66. The van der Waals surface area contributed by atoms with Crippen molar-refractivity contribution in [1.82, 2.24) is 14.8 Å². The van der Waals surface area contributed by atoms with E-state index >= 15 is 0 Å². The fraction of sp³-hybridized carbons (Fsp3) is 0.238. The highest BCUT2D eigenvalue weighted by molar-refractivity contribution is 6.14. The van der Waals surface area contributed by atoms with Gasteiger partial charge in [0.25, 0.3) is 11.8 Å². The molecule has 0 bridgehead atoms. The van der Waals surface area contributed by atoms with Gasteiger partial charge in [-0.25, -0.2) is 4.98 Å². The fourth-order valence-electron chi connectivity index (χ4n) is 3.67. The van der Waals surface area contributed by atoms with Crippen LogP contribution in [0, 0.1) is 6.92 Å². The van der Waals surface area contributed by atoms with Crippen LogP contribution in [0.5, 0.6) is 0 Å². The Morgan fingerprint density at radius 2 is 1.91 bits per heavy atom. The second-order valence-corrected chi connectivity index (χ2v) is 7.50. The van der Waals surface area contributed by atoms with Crippen molar-refractivity contribution in [3.05, 3.63) is 65.1 Å². The Morgan fingerprint density at radius 3 is 2.53 bits per heavy atom. The lowest BCUT2D eigenvalue weighted by molar-refractivity contribution is -0.137. The third kappa shape index (κ3) is 3.66. The number of nitrogens with two attached hydrogens (primary N) is 1. The van der Waals surface area contributed by atoms with Crippen LogP contribution in [0.3, 0.4) is 0 Å². The molecule has 1 atom stereocenters. The summed E-state index contributed by atoms with van der Waals surface area (Å²) < 4.78 is 40.1. The van der Waals surface area contributed by atoms with Gasteiger partial charge in [0.05, 0.1) is 29.1 Å². The van der Waals surface area contributed by atoms with E-state index in [9.17, 15) is 22.8 Å². The zero-order valence-electron chi connectivity index (χ0n) is 17.1. The first-order valence-electron chi connectivity index (χ1n) is 9.67. The van der Waals surface area contributed by atoms with Gasteiger partial charge in [-0.3, -0.25) is 14.3 Å². The second kappa shape index (κ2) is 7.66. The molecule has 4 rings (SSSR count). The number of anilines is 3. The number of fused-ring (bicyclic) bond motifs is 1. The summed E-state index contributed by atoms with van der Waals surface area (Å²) in [5.74, 6) is -0.989. The van der Waals surface area contributed by atoms with Gasteiger partial charge in [0.1, 0.15) is 5.82 Å². The van der Waals surface area contributed by atoms with Crippen molar-refractivity contribution >= 4 is 29.0 Å². The first-order valence-corrected chi connectivity index (χ1v) is 9.67. The van der Waals surface area contributed by atoms with Gasteiger partial charge >= 0.3 is 6.18 Å². The molecule has 3 aromatic rings. The van der Waals surface area contributed by atoms with Gasteiger partial charge in [-0.05, 0) is 49.7 Å². The lowest BCUT2D eigenvalue weighted by Crippen LogP contribution is -2.43. The molecule has 0 radical (unpaired) electrons. The molecule has 0 saturated carbocycles. The lowest BCUT2D eigenvalue weighted by atomic mass is 10.1. The molecule has 3 heterocycles. The van der Waals surface area contributed by atoms with E-state index in [0.29, 0.717) is 11.3 Å². The van der Waals surface area contributed by atoms with Gasteiger partial charge in [-0.2, -0.15) is 18.3 Å². The summed E-state index contributed by atoms with van der Waals surface area (Å²) in [6.45, 7) is 3.73. The first-order chi connectivity index (χ1) is 15.1. The number of nitrogen functional groups attached to an aromatic ring is 1. The number of hydrogen-bond acceptors (Lipinski definition) is 5. The number of amides is 2. The van der Waals surface area contributed by atoms with E-state index in [4.69, 9.17) is 5.73 Å². The summed E-state index contributed by atoms with van der Waals surface area (Å²) in [7, 11) is 0. The van der Waals surface area contributed by atoms with E-state index in [0.717, 1.165) is 12.1 Å². The molecule has 1 aliphatic rings. The van der Waals surface area contributed by atoms with Gasteiger partial charge in [0.15, 0.2) is 5.69 Å². The van der Waals surface area contributed by atoms with E-state index in [2.05, 4.69) is 15.4 Å². The number of aromatic nitrogens is 3. The Hall–Kier alpha value is -3.89. The molecule has 1 aliphatic heterocycles. The van der Waals surface area contributed by atoms with Crippen LogP contribution < -0.4 is 16.0 Å². The second-order valence-electron chi connectivity index (χ2n) is 7.50. The first kappa shape index (κ1) is 21.3. The van der Waals surface area contributed by atoms with Crippen LogP contribution in [0.4, 0.5) is 30.4 Å². The topological polar surface area (TPSA) is 106 Å². The zero-order chi connectivity index (χ0) is 23.2. The molecule has 2 amide bonds. The molecular formula is C21H19F3N6O2. The van der Waals surface area contributed by atoms with Crippen LogP contribution in [0.1, 0.15) is 44.9 Å². The van der Waals surface area contributed by atoms with Crippen molar-refractivity contribution in [2.45, 2.75) is 26.1 Å². The molecule has 0 fully saturated rings. The van der Waals surface area contributed by atoms with Crippen molar-refractivity contribution in [2.24, 2.45) is 0 Å². The van der Waals surface area contributed by atoms with Crippen LogP contribution in [-0.2, 0) is 6.18 Å². The number of halogens is 3. The molecule has 32 heavy (non-hydrogen) atoms. The maximum Gasteiger partial charge on any atom is 0.416 e. The minimum Gasteiger partial charge on any atom is -0.383 e. The number of benzene rings is 1. The largest absolute Gasteiger partial charge is 0.416 e. The Morgan fingerprint density at radius 1 is 1.22 bits per heavy atom. The number of pyridine rings is 1. The van der Waals surface area contributed by atoms with Crippen molar-refractivity contribution in [3.63, 3.8) is 0 Å². The zero-order valence-corrected chi connectivity index (χ0v) is 17.1. The van der Waals surface area contributed by atoms with Crippen molar-refractivity contribution in [2.75, 3.05) is 22.5 Å². The molecule has 0 saturated heterocycles. The van der Waals surface area contributed by atoms with Gasteiger partial charge in [0.2, 0.25) is 0 Å². The number of carbonyl (C=O) groups excluding carboxylic acids is 2. The van der Waals surface area contributed by atoms with Gasteiger partial charge in [-0.15, -0.1) is 0 Å². The average Bonchev–Trinajstić information content (AvgIpc) is 3.14. The number of carbonyl (C=O) groups is 2. The van der Waals surface area contributed by atoms with Crippen LogP contribution in [0.25, 0.3) is 0 Å². The molecule has 0 aliphatic carbocycles. The molecule has 0 spiro atoms. The summed E-state index contributed by atoms with van der Waals surface area (Å²) >= 11 is 0. The summed E-state index contributed by atoms with van der Waals surface area (Å²) in [6.07, 6.45) is -1.63. The van der Waals surface area contributed by atoms with Crippen LogP contribution in [0.2, 0.25) is 0 Å². The van der Waals surface area contributed by atoms with E-state index in [1.807, 2.05) is 6.92 Å².